The van der Waals surface area contributed by atoms with Gasteiger partial charge in [0.2, 0.25) is 0 Å². The van der Waals surface area contributed by atoms with E-state index in [1.807, 2.05) is 13.0 Å². The molecule has 0 saturated carbocycles. The highest BCUT2D eigenvalue weighted by Crippen LogP contribution is 2.43. The van der Waals surface area contributed by atoms with Crippen LogP contribution in [0.2, 0.25) is 0 Å². The number of benzene rings is 2. The summed E-state index contributed by atoms with van der Waals surface area (Å²) in [5, 5.41) is 16.3. The number of aliphatic hydroxyl groups excluding tert-OH is 1. The van der Waals surface area contributed by atoms with Crippen LogP contribution in [0.1, 0.15) is 37.7 Å². The van der Waals surface area contributed by atoms with Crippen molar-refractivity contribution in [3.8, 4) is 0 Å². The Kier molecular flexibility index (Phi) is 3.70. The first-order valence-corrected chi connectivity index (χ1v) is 8.63. The normalized spacial score (nSPS) is 33.0. The van der Waals surface area contributed by atoms with Crippen LogP contribution in [-0.4, -0.2) is 29.1 Å². The van der Waals surface area contributed by atoms with Gasteiger partial charge in [-0.2, -0.15) is 0 Å². The average molecular weight is 309 g/mol. The number of hydrogen-bond acceptors (Lipinski definition) is 3. The van der Waals surface area contributed by atoms with Gasteiger partial charge in [-0.1, -0.05) is 49.4 Å². The van der Waals surface area contributed by atoms with Crippen LogP contribution in [0.3, 0.4) is 0 Å². The monoisotopic (exact) mass is 309 g/mol. The Morgan fingerprint density at radius 2 is 1.96 bits per heavy atom. The Hall–Kier alpha value is -1.71. The molecule has 5 atom stereocenters. The number of rotatable bonds is 3. The Labute approximate surface area is 136 Å². The summed E-state index contributed by atoms with van der Waals surface area (Å²) in [7, 11) is 0. The van der Waals surface area contributed by atoms with Crippen molar-refractivity contribution >= 4 is 16.6 Å². The van der Waals surface area contributed by atoms with Gasteiger partial charge < -0.3 is 10.4 Å². The molecule has 2 N–H and O–H groups in total. The zero-order valence-corrected chi connectivity index (χ0v) is 13.4. The molecule has 2 aromatic rings. The van der Waals surface area contributed by atoms with E-state index in [1.165, 1.54) is 16.3 Å². The largest absolute Gasteiger partial charge is 0.391 e. The van der Waals surface area contributed by atoms with E-state index in [4.69, 9.17) is 0 Å². The lowest BCUT2D eigenvalue weighted by Gasteiger charge is -2.37. The van der Waals surface area contributed by atoms with E-state index in [0.29, 0.717) is 12.5 Å². The highest BCUT2D eigenvalue weighted by atomic mass is 16.3. The molecule has 23 heavy (non-hydrogen) atoms. The van der Waals surface area contributed by atoms with Gasteiger partial charge in [0.1, 0.15) is 5.78 Å². The van der Waals surface area contributed by atoms with Gasteiger partial charge in [0, 0.05) is 24.4 Å². The van der Waals surface area contributed by atoms with E-state index in [9.17, 15) is 9.90 Å². The minimum absolute atomic E-state index is 0.0855. The fourth-order valence-electron chi connectivity index (χ4n) is 4.54. The first-order chi connectivity index (χ1) is 11.2. The number of ketones is 1. The zero-order chi connectivity index (χ0) is 16.0. The Bertz CT molecular complexity index is 741. The van der Waals surface area contributed by atoms with E-state index in [1.54, 1.807) is 0 Å². The number of Topliss-reactive ketones (excluding diaryl/α,β-unsaturated/α-hetero) is 1. The number of carbonyl (C=O) groups excluding carboxylic acids is 1. The quantitative estimate of drug-likeness (QED) is 0.916. The zero-order valence-electron chi connectivity index (χ0n) is 13.4. The van der Waals surface area contributed by atoms with E-state index >= 15 is 0 Å². The first-order valence-electron chi connectivity index (χ1n) is 8.63. The average Bonchev–Trinajstić information content (AvgIpc) is 2.88. The summed E-state index contributed by atoms with van der Waals surface area (Å²) in [5.74, 6) is 0.357. The fraction of sp³-hybridized carbons (Fsp3) is 0.450. The fourth-order valence-corrected chi connectivity index (χ4v) is 4.54. The van der Waals surface area contributed by atoms with Gasteiger partial charge in [0.05, 0.1) is 6.10 Å². The van der Waals surface area contributed by atoms with Crippen LogP contribution in [0.25, 0.3) is 10.8 Å². The number of nitrogens with one attached hydrogen (secondary N) is 1. The van der Waals surface area contributed by atoms with Crippen molar-refractivity contribution in [1.29, 1.82) is 0 Å². The highest BCUT2D eigenvalue weighted by Gasteiger charge is 2.49. The Balaban J connectivity index is 1.76. The van der Waals surface area contributed by atoms with Crippen molar-refractivity contribution in [2.45, 2.75) is 50.3 Å². The van der Waals surface area contributed by atoms with Gasteiger partial charge in [-0.05, 0) is 35.1 Å². The maximum absolute atomic E-state index is 12.6. The molecule has 0 radical (unpaired) electrons. The van der Waals surface area contributed by atoms with E-state index < -0.39 is 6.10 Å². The molecule has 120 valence electrons. The standard InChI is InChI=1S/C20H23NO2/c1-2-17(22)19-16(10-15-11-18(23)20(19)21-15)14-8-7-12-5-3-4-6-13(12)9-14/h3-9,15-16,18-21,23H,2,10-11H2,1H3/t15?,16-,18?,19+,20+/m0/s1. The van der Waals surface area contributed by atoms with Crippen LogP contribution >= 0.6 is 0 Å². The molecule has 2 heterocycles. The maximum atomic E-state index is 12.6. The molecule has 2 aromatic carbocycles. The van der Waals surface area contributed by atoms with Crippen LogP contribution in [0.4, 0.5) is 0 Å². The van der Waals surface area contributed by atoms with Crippen LogP contribution < -0.4 is 5.32 Å². The summed E-state index contributed by atoms with van der Waals surface area (Å²) >= 11 is 0. The third-order valence-electron chi connectivity index (χ3n) is 5.65. The van der Waals surface area contributed by atoms with Gasteiger partial charge in [0.25, 0.3) is 0 Å². The van der Waals surface area contributed by atoms with Gasteiger partial charge in [-0.3, -0.25) is 4.79 Å². The molecule has 2 aliphatic heterocycles. The topological polar surface area (TPSA) is 49.3 Å². The van der Waals surface area contributed by atoms with Crippen molar-refractivity contribution in [2.75, 3.05) is 0 Å². The highest BCUT2D eigenvalue weighted by molar-refractivity contribution is 5.85. The smallest absolute Gasteiger partial charge is 0.137 e. The van der Waals surface area contributed by atoms with Crippen molar-refractivity contribution < 1.29 is 9.90 Å². The molecule has 4 rings (SSSR count). The number of hydrogen-bond donors (Lipinski definition) is 2. The van der Waals surface area contributed by atoms with Gasteiger partial charge in [-0.15, -0.1) is 0 Å². The van der Waals surface area contributed by atoms with E-state index in [-0.39, 0.29) is 23.7 Å². The Morgan fingerprint density at radius 3 is 2.74 bits per heavy atom. The number of aliphatic hydroxyl groups is 1. The second-order valence-electron chi connectivity index (χ2n) is 6.99. The van der Waals surface area contributed by atoms with Crippen molar-refractivity contribution in [2.24, 2.45) is 5.92 Å². The summed E-state index contributed by atoms with van der Waals surface area (Å²) < 4.78 is 0. The minimum Gasteiger partial charge on any atom is -0.391 e. The van der Waals surface area contributed by atoms with E-state index in [2.05, 4.69) is 41.7 Å². The van der Waals surface area contributed by atoms with Crippen molar-refractivity contribution in [3.05, 3.63) is 48.0 Å². The van der Waals surface area contributed by atoms with Gasteiger partial charge in [-0.25, -0.2) is 0 Å². The summed E-state index contributed by atoms with van der Waals surface area (Å²) in [6, 6.07) is 15.1. The molecule has 2 fully saturated rings. The van der Waals surface area contributed by atoms with Crippen LogP contribution in [0.15, 0.2) is 42.5 Å². The summed E-state index contributed by atoms with van der Waals surface area (Å²) in [5.41, 5.74) is 1.24. The molecule has 2 bridgehead atoms. The third kappa shape index (κ3) is 2.48. The third-order valence-corrected chi connectivity index (χ3v) is 5.65. The van der Waals surface area contributed by atoms with Crippen LogP contribution in [-0.2, 0) is 4.79 Å². The predicted octanol–water partition coefficient (Wildman–Crippen LogP) is 3.01. The predicted molar refractivity (Wildman–Crippen MR) is 91.4 cm³/mol. The number of piperidine rings is 1. The lowest BCUT2D eigenvalue weighted by atomic mass is 9.74. The molecule has 0 aliphatic carbocycles. The molecular formula is C20H23NO2. The molecule has 2 saturated heterocycles. The lowest BCUT2D eigenvalue weighted by Crippen LogP contribution is -2.50. The van der Waals surface area contributed by atoms with Crippen molar-refractivity contribution in [1.82, 2.24) is 5.32 Å². The second kappa shape index (κ2) is 5.73. The van der Waals surface area contributed by atoms with Crippen LogP contribution in [0, 0.1) is 5.92 Å². The molecule has 0 spiro atoms. The second-order valence-corrected chi connectivity index (χ2v) is 6.99. The molecule has 2 aliphatic rings. The molecule has 0 aromatic heterocycles. The molecular weight excluding hydrogens is 286 g/mol. The Morgan fingerprint density at radius 1 is 1.17 bits per heavy atom. The molecule has 0 amide bonds. The maximum Gasteiger partial charge on any atom is 0.137 e. The molecule has 3 nitrogen and oxygen atoms in total. The van der Waals surface area contributed by atoms with Gasteiger partial charge >= 0.3 is 0 Å². The number of fused-ring (bicyclic) bond motifs is 3. The molecule has 2 unspecified atom stereocenters. The van der Waals surface area contributed by atoms with Crippen LogP contribution in [0.5, 0.6) is 0 Å². The summed E-state index contributed by atoms with van der Waals surface area (Å²) in [4.78, 5) is 12.6. The summed E-state index contributed by atoms with van der Waals surface area (Å²) in [6.07, 6.45) is 1.83. The summed E-state index contributed by atoms with van der Waals surface area (Å²) in [6.45, 7) is 1.92. The lowest BCUT2D eigenvalue weighted by molar-refractivity contribution is -0.125. The van der Waals surface area contributed by atoms with Gasteiger partial charge in [0.15, 0.2) is 0 Å². The minimum atomic E-state index is -0.397. The first kappa shape index (κ1) is 14.9. The molecule has 3 heteroatoms. The number of carbonyl (C=O) groups is 1. The SMILES string of the molecule is CCC(=O)[C@@H]1[C@@H]2NC(CC2O)C[C@H]1c1ccc2ccccc2c1. The van der Waals surface area contributed by atoms with E-state index in [0.717, 1.165) is 12.8 Å². The van der Waals surface area contributed by atoms with Crippen molar-refractivity contribution in [3.63, 3.8) is 0 Å².